The number of hydrogen-bond acceptors (Lipinski definition) is 6. The Morgan fingerprint density at radius 3 is 2.63 bits per heavy atom. The zero-order valence-electron chi connectivity index (χ0n) is 18.6. The lowest BCUT2D eigenvalue weighted by Gasteiger charge is -2.13. The predicted molar refractivity (Wildman–Crippen MR) is 146 cm³/mol. The Balaban J connectivity index is 1.66. The van der Waals surface area contributed by atoms with E-state index in [1.807, 2.05) is 32.0 Å². The van der Waals surface area contributed by atoms with Crippen LogP contribution in [0.4, 0.5) is 0 Å². The van der Waals surface area contributed by atoms with Gasteiger partial charge in [-0.1, -0.05) is 29.3 Å². The third kappa shape index (κ3) is 5.94. The number of halogens is 3. The molecule has 9 heteroatoms. The molecule has 6 nitrogen and oxygen atoms in total. The number of aryl methyl sites for hydroxylation is 1. The fraction of sp³-hybridized carbons (Fsp3) is 0.115. The molecule has 0 radical (unpaired) electrons. The molecule has 178 valence electrons. The fourth-order valence-electron chi connectivity index (χ4n) is 3.22. The van der Waals surface area contributed by atoms with Crippen molar-refractivity contribution in [3.05, 3.63) is 95.6 Å². The van der Waals surface area contributed by atoms with E-state index in [9.17, 15) is 9.59 Å². The predicted octanol–water partition coefficient (Wildman–Crippen LogP) is 6.98. The van der Waals surface area contributed by atoms with Gasteiger partial charge in [0.05, 0.1) is 27.2 Å². The number of cyclic esters (lactones) is 1. The largest absolute Gasteiger partial charge is 0.490 e. The van der Waals surface area contributed by atoms with E-state index in [1.54, 1.807) is 42.5 Å². The number of carbonyl (C=O) groups excluding carboxylic acids is 2. The lowest BCUT2D eigenvalue weighted by molar-refractivity contribution is -0.129. The molecule has 0 spiro atoms. The fourth-order valence-corrected chi connectivity index (χ4v) is 4.45. The summed E-state index contributed by atoms with van der Waals surface area (Å²) >= 11 is 11.9. The topological polar surface area (TPSA) is 74.2 Å². The summed E-state index contributed by atoms with van der Waals surface area (Å²) in [5.41, 5.74) is 2.69. The molecule has 4 rings (SSSR count). The van der Waals surface area contributed by atoms with Crippen molar-refractivity contribution in [2.45, 2.75) is 13.8 Å². The number of hydrogen-bond donors (Lipinski definition) is 0. The highest BCUT2D eigenvalue weighted by Gasteiger charge is 2.26. The van der Waals surface area contributed by atoms with E-state index in [2.05, 4.69) is 43.5 Å². The van der Waals surface area contributed by atoms with Crippen LogP contribution < -0.4 is 9.47 Å². The van der Waals surface area contributed by atoms with Crippen molar-refractivity contribution in [3.8, 4) is 11.5 Å². The van der Waals surface area contributed by atoms with Crippen molar-refractivity contribution in [3.63, 3.8) is 0 Å². The lowest BCUT2D eigenvalue weighted by atomic mass is 10.1. The standard InChI is InChI=1S/C26H18BrClINO5/c1-3-33-22-12-15(10-19(27)23(22)34-25(31)16-6-4-14(2)5-7-16)11-21-26(32)35-24(30-21)18-13-17(29)8-9-20(18)28/h4-13H,3H2,1-2H3/b21-11-. The van der Waals surface area contributed by atoms with Gasteiger partial charge >= 0.3 is 11.9 Å². The second kappa shape index (κ2) is 10.9. The van der Waals surface area contributed by atoms with E-state index in [-0.39, 0.29) is 17.3 Å². The van der Waals surface area contributed by atoms with E-state index in [4.69, 9.17) is 25.8 Å². The van der Waals surface area contributed by atoms with Crippen molar-refractivity contribution in [2.24, 2.45) is 4.99 Å². The molecule has 1 aliphatic rings. The molecule has 0 bridgehead atoms. The SMILES string of the molecule is CCOc1cc(/C=C2\N=C(c3cc(I)ccc3Cl)OC2=O)cc(Br)c1OC(=O)c1ccc(C)cc1. The zero-order chi connectivity index (χ0) is 25.1. The number of nitrogens with zero attached hydrogens (tertiary/aromatic N) is 1. The third-order valence-electron chi connectivity index (χ3n) is 4.90. The maximum Gasteiger partial charge on any atom is 0.363 e. The summed E-state index contributed by atoms with van der Waals surface area (Å²) in [6.45, 7) is 4.10. The summed E-state index contributed by atoms with van der Waals surface area (Å²) in [5.74, 6) is -0.397. The quantitative estimate of drug-likeness (QED) is 0.123. The molecule has 1 heterocycles. The molecule has 0 saturated carbocycles. The van der Waals surface area contributed by atoms with Gasteiger partial charge < -0.3 is 14.2 Å². The highest BCUT2D eigenvalue weighted by molar-refractivity contribution is 14.1. The average Bonchev–Trinajstić information content (AvgIpc) is 3.18. The van der Waals surface area contributed by atoms with E-state index in [0.717, 1.165) is 9.13 Å². The molecule has 1 aliphatic heterocycles. The number of carbonyl (C=O) groups is 2. The molecule has 35 heavy (non-hydrogen) atoms. The van der Waals surface area contributed by atoms with Crippen LogP contribution in [0.1, 0.15) is 34.0 Å². The molecule has 3 aromatic rings. The van der Waals surface area contributed by atoms with Gasteiger partial charge in [-0.2, -0.15) is 0 Å². The van der Waals surface area contributed by atoms with Gasteiger partial charge in [-0.25, -0.2) is 14.6 Å². The minimum Gasteiger partial charge on any atom is -0.490 e. The number of benzene rings is 3. The number of esters is 2. The monoisotopic (exact) mass is 665 g/mol. The summed E-state index contributed by atoms with van der Waals surface area (Å²) in [5, 5.41) is 0.430. The normalized spacial score (nSPS) is 14.0. The van der Waals surface area contributed by atoms with Crippen LogP contribution in [0.2, 0.25) is 5.02 Å². The molecule has 0 unspecified atom stereocenters. The van der Waals surface area contributed by atoms with Crippen LogP contribution in [0.25, 0.3) is 6.08 Å². The Hall–Kier alpha value is -2.69. The zero-order valence-corrected chi connectivity index (χ0v) is 23.1. The van der Waals surface area contributed by atoms with Crippen molar-refractivity contribution in [1.29, 1.82) is 0 Å². The van der Waals surface area contributed by atoms with Crippen molar-refractivity contribution in [2.75, 3.05) is 6.61 Å². The summed E-state index contributed by atoms with van der Waals surface area (Å²) in [6, 6.07) is 15.8. The molecular formula is C26H18BrClINO5. The van der Waals surface area contributed by atoms with E-state index in [0.29, 0.717) is 38.5 Å². The molecule has 3 aromatic carbocycles. The van der Waals surface area contributed by atoms with Crippen LogP contribution in [0.15, 0.2) is 69.8 Å². The lowest BCUT2D eigenvalue weighted by Crippen LogP contribution is -2.10. The second-order valence-corrected chi connectivity index (χ2v) is 9.99. The second-order valence-electron chi connectivity index (χ2n) is 7.48. The smallest absolute Gasteiger partial charge is 0.363 e. The van der Waals surface area contributed by atoms with Crippen molar-refractivity contribution in [1.82, 2.24) is 0 Å². The number of aliphatic imine (C=N–C) groups is 1. The highest BCUT2D eigenvalue weighted by Crippen LogP contribution is 2.38. The molecule has 0 aromatic heterocycles. The molecule has 0 N–H and O–H groups in total. The molecule has 0 atom stereocenters. The summed E-state index contributed by atoms with van der Waals surface area (Å²) in [6.07, 6.45) is 1.57. The van der Waals surface area contributed by atoms with Gasteiger partial charge in [-0.05, 0) is 106 Å². The van der Waals surface area contributed by atoms with Crippen LogP contribution in [0.3, 0.4) is 0 Å². The minimum atomic E-state index is -0.598. The van der Waals surface area contributed by atoms with Crippen LogP contribution in [0.5, 0.6) is 11.5 Å². The Kier molecular flexibility index (Phi) is 7.93. The average molecular weight is 667 g/mol. The van der Waals surface area contributed by atoms with Gasteiger partial charge in [0.2, 0.25) is 5.90 Å². The minimum absolute atomic E-state index is 0.105. The number of rotatable bonds is 6. The van der Waals surface area contributed by atoms with Gasteiger partial charge in [0.15, 0.2) is 17.2 Å². The highest BCUT2D eigenvalue weighted by atomic mass is 127. The van der Waals surface area contributed by atoms with Gasteiger partial charge in [0, 0.05) is 3.57 Å². The maximum atomic E-state index is 12.7. The van der Waals surface area contributed by atoms with Gasteiger partial charge in [0.1, 0.15) is 0 Å². The van der Waals surface area contributed by atoms with E-state index >= 15 is 0 Å². The first-order chi connectivity index (χ1) is 16.7. The molecule has 0 amide bonds. The third-order valence-corrected chi connectivity index (χ3v) is 6.49. The number of ether oxygens (including phenoxy) is 3. The molecule has 0 fully saturated rings. The Morgan fingerprint density at radius 1 is 1.17 bits per heavy atom. The Bertz CT molecular complexity index is 1390. The summed E-state index contributed by atoms with van der Waals surface area (Å²) in [4.78, 5) is 29.5. The molecule has 0 saturated heterocycles. The van der Waals surface area contributed by atoms with Gasteiger partial charge in [0.25, 0.3) is 0 Å². The van der Waals surface area contributed by atoms with Crippen LogP contribution in [-0.2, 0) is 9.53 Å². The Morgan fingerprint density at radius 2 is 1.91 bits per heavy atom. The molecular weight excluding hydrogens is 649 g/mol. The summed E-state index contributed by atoms with van der Waals surface area (Å²) in [7, 11) is 0. The first kappa shape index (κ1) is 25.4. The van der Waals surface area contributed by atoms with Crippen LogP contribution in [-0.4, -0.2) is 24.4 Å². The van der Waals surface area contributed by atoms with Gasteiger partial charge in [-0.3, -0.25) is 0 Å². The van der Waals surface area contributed by atoms with Crippen LogP contribution in [0, 0.1) is 10.5 Å². The molecule has 0 aliphatic carbocycles. The first-order valence-corrected chi connectivity index (χ1v) is 12.7. The van der Waals surface area contributed by atoms with Crippen molar-refractivity contribution < 1.29 is 23.8 Å². The summed E-state index contributed by atoms with van der Waals surface area (Å²) < 4.78 is 18.1. The Labute approximate surface area is 229 Å². The maximum absolute atomic E-state index is 12.7. The first-order valence-electron chi connectivity index (χ1n) is 10.5. The van der Waals surface area contributed by atoms with Crippen molar-refractivity contribution >= 4 is 74.0 Å². The van der Waals surface area contributed by atoms with Gasteiger partial charge in [-0.15, -0.1) is 0 Å². The van der Waals surface area contributed by atoms with E-state index < -0.39 is 11.9 Å². The van der Waals surface area contributed by atoms with Crippen LogP contribution >= 0.6 is 50.1 Å². The van der Waals surface area contributed by atoms with E-state index in [1.165, 1.54) is 0 Å².